The van der Waals surface area contributed by atoms with E-state index in [1.54, 1.807) is 6.20 Å². The molecule has 1 aromatic heterocycles. The van der Waals surface area contributed by atoms with Crippen LogP contribution in [0, 0.1) is 0 Å². The number of aryl methyl sites for hydroxylation is 1. The Hall–Kier alpha value is -2.92. The van der Waals surface area contributed by atoms with Gasteiger partial charge in [-0.3, -0.25) is 4.79 Å². The maximum absolute atomic E-state index is 12.4. The molecule has 1 N–H and O–H groups in total. The van der Waals surface area contributed by atoms with Crippen molar-refractivity contribution in [3.8, 4) is 11.3 Å². The van der Waals surface area contributed by atoms with Crippen LogP contribution in [0.15, 0.2) is 81.8 Å². The number of aromatic nitrogens is 1. The topological polar surface area (TPSA) is 55.1 Å². The molecule has 0 radical (unpaired) electrons. The third-order valence-corrected chi connectivity index (χ3v) is 4.79. The number of nitrogens with zero attached hydrogens (tertiary/aromatic N) is 1. The first-order valence-electron chi connectivity index (χ1n) is 8.67. The molecule has 4 aromatic rings. The van der Waals surface area contributed by atoms with Gasteiger partial charge in [0.1, 0.15) is 0 Å². The van der Waals surface area contributed by atoms with Crippen molar-refractivity contribution >= 4 is 38.3 Å². The lowest BCUT2D eigenvalue weighted by atomic mass is 10.1. The van der Waals surface area contributed by atoms with Gasteiger partial charge in [0.25, 0.3) is 0 Å². The number of hydrogen-bond donors (Lipinski definition) is 1. The summed E-state index contributed by atoms with van der Waals surface area (Å²) >= 11 is 3.45. The molecule has 0 bridgehead atoms. The van der Waals surface area contributed by atoms with Gasteiger partial charge < -0.3 is 9.73 Å². The zero-order valence-corrected chi connectivity index (χ0v) is 16.1. The molecule has 0 aliphatic carbocycles. The molecule has 0 saturated carbocycles. The third kappa shape index (κ3) is 4.09. The number of carbonyl (C=O) groups is 1. The number of oxazole rings is 1. The summed E-state index contributed by atoms with van der Waals surface area (Å²) in [5, 5.41) is 5.11. The van der Waals surface area contributed by atoms with Crippen LogP contribution in [0.3, 0.4) is 0 Å². The van der Waals surface area contributed by atoms with Gasteiger partial charge in [-0.1, -0.05) is 64.5 Å². The van der Waals surface area contributed by atoms with E-state index in [0.29, 0.717) is 24.5 Å². The standard InChI is InChI=1S/C22H17BrN2O2/c23-17-8-3-7-16(13-17)20-14-24-22(27-20)12-11-21(26)25-19-10-4-6-15-5-1-2-9-18(15)19/h1-10,13-14H,11-12H2,(H,25,26). The molecule has 4 nitrogen and oxygen atoms in total. The number of rotatable bonds is 5. The van der Waals surface area contributed by atoms with E-state index in [4.69, 9.17) is 4.42 Å². The summed E-state index contributed by atoms with van der Waals surface area (Å²) < 4.78 is 6.76. The first-order chi connectivity index (χ1) is 13.2. The number of nitrogens with one attached hydrogen (secondary N) is 1. The minimum Gasteiger partial charge on any atom is -0.441 e. The summed E-state index contributed by atoms with van der Waals surface area (Å²) in [6.07, 6.45) is 2.45. The average molecular weight is 421 g/mol. The van der Waals surface area contributed by atoms with E-state index in [9.17, 15) is 4.79 Å². The lowest BCUT2D eigenvalue weighted by Crippen LogP contribution is -2.12. The van der Waals surface area contributed by atoms with Gasteiger partial charge in [0.2, 0.25) is 5.91 Å². The number of halogens is 1. The Balaban J connectivity index is 1.41. The number of anilines is 1. The minimum absolute atomic E-state index is 0.0615. The Kier molecular flexibility index (Phi) is 5.03. The maximum atomic E-state index is 12.4. The highest BCUT2D eigenvalue weighted by atomic mass is 79.9. The second-order valence-electron chi connectivity index (χ2n) is 6.20. The summed E-state index contributed by atoms with van der Waals surface area (Å²) in [6.45, 7) is 0. The van der Waals surface area contributed by atoms with Crippen LogP contribution in [-0.4, -0.2) is 10.9 Å². The third-order valence-electron chi connectivity index (χ3n) is 4.29. The smallest absolute Gasteiger partial charge is 0.224 e. The molecule has 0 spiro atoms. The van der Waals surface area contributed by atoms with Crippen molar-refractivity contribution in [3.63, 3.8) is 0 Å². The number of carbonyl (C=O) groups excluding carboxylic acids is 1. The van der Waals surface area contributed by atoms with E-state index in [0.717, 1.165) is 26.5 Å². The van der Waals surface area contributed by atoms with Gasteiger partial charge in [-0.15, -0.1) is 0 Å². The first-order valence-corrected chi connectivity index (χ1v) is 9.46. The van der Waals surface area contributed by atoms with Gasteiger partial charge in [0.15, 0.2) is 11.7 Å². The fourth-order valence-corrected chi connectivity index (χ4v) is 3.37. The Morgan fingerprint density at radius 1 is 1.04 bits per heavy atom. The molecule has 4 rings (SSSR count). The Labute approximate surface area is 165 Å². The fourth-order valence-electron chi connectivity index (χ4n) is 2.97. The predicted octanol–water partition coefficient (Wildman–Crippen LogP) is 5.83. The summed E-state index contributed by atoms with van der Waals surface area (Å²) in [5.41, 5.74) is 1.77. The van der Waals surface area contributed by atoms with Gasteiger partial charge in [0.05, 0.1) is 6.20 Å². The predicted molar refractivity (Wildman–Crippen MR) is 111 cm³/mol. The minimum atomic E-state index is -0.0615. The van der Waals surface area contributed by atoms with E-state index in [-0.39, 0.29) is 5.91 Å². The van der Waals surface area contributed by atoms with Crippen molar-refractivity contribution < 1.29 is 9.21 Å². The Morgan fingerprint density at radius 2 is 1.85 bits per heavy atom. The van der Waals surface area contributed by atoms with Crippen LogP contribution in [0.4, 0.5) is 5.69 Å². The second-order valence-corrected chi connectivity index (χ2v) is 7.12. The van der Waals surface area contributed by atoms with Crippen LogP contribution < -0.4 is 5.32 Å². The van der Waals surface area contributed by atoms with Crippen LogP contribution in [0.5, 0.6) is 0 Å². The summed E-state index contributed by atoms with van der Waals surface area (Å²) in [7, 11) is 0. The van der Waals surface area contributed by atoms with Crippen LogP contribution in [0.1, 0.15) is 12.3 Å². The molecule has 27 heavy (non-hydrogen) atoms. The molecule has 134 valence electrons. The van der Waals surface area contributed by atoms with E-state index in [2.05, 4.69) is 26.2 Å². The van der Waals surface area contributed by atoms with Crippen molar-refractivity contribution in [3.05, 3.63) is 83.3 Å². The molecule has 0 aliphatic rings. The molecule has 0 saturated heterocycles. The molecule has 5 heteroatoms. The van der Waals surface area contributed by atoms with Crippen LogP contribution in [0.2, 0.25) is 0 Å². The summed E-state index contributed by atoms with van der Waals surface area (Å²) in [4.78, 5) is 16.7. The molecule has 0 fully saturated rings. The molecular formula is C22H17BrN2O2. The molecule has 0 aliphatic heterocycles. The van der Waals surface area contributed by atoms with E-state index >= 15 is 0 Å². The van der Waals surface area contributed by atoms with Gasteiger partial charge in [-0.2, -0.15) is 0 Å². The molecule has 0 unspecified atom stereocenters. The summed E-state index contributed by atoms with van der Waals surface area (Å²) in [6, 6.07) is 21.7. The van der Waals surface area contributed by atoms with E-state index < -0.39 is 0 Å². The fraction of sp³-hybridized carbons (Fsp3) is 0.0909. The van der Waals surface area contributed by atoms with Crippen molar-refractivity contribution in [2.75, 3.05) is 5.32 Å². The van der Waals surface area contributed by atoms with Crippen LogP contribution in [-0.2, 0) is 11.2 Å². The van der Waals surface area contributed by atoms with Crippen LogP contribution >= 0.6 is 15.9 Å². The molecular weight excluding hydrogens is 404 g/mol. The van der Waals surface area contributed by atoms with Crippen LogP contribution in [0.25, 0.3) is 22.1 Å². The van der Waals surface area contributed by atoms with E-state index in [1.165, 1.54) is 0 Å². The second kappa shape index (κ2) is 7.76. The number of fused-ring (bicyclic) bond motifs is 1. The zero-order valence-electron chi connectivity index (χ0n) is 14.5. The highest BCUT2D eigenvalue weighted by molar-refractivity contribution is 9.10. The van der Waals surface area contributed by atoms with Gasteiger partial charge in [0, 0.05) is 34.0 Å². The van der Waals surface area contributed by atoms with Crippen molar-refractivity contribution in [1.82, 2.24) is 4.98 Å². The molecule has 1 amide bonds. The molecule has 1 heterocycles. The quantitative estimate of drug-likeness (QED) is 0.441. The highest BCUT2D eigenvalue weighted by Gasteiger charge is 2.10. The SMILES string of the molecule is O=C(CCc1ncc(-c2cccc(Br)c2)o1)Nc1cccc2ccccc12. The number of hydrogen-bond acceptors (Lipinski definition) is 3. The van der Waals surface area contributed by atoms with Crippen molar-refractivity contribution in [2.45, 2.75) is 12.8 Å². The normalized spacial score (nSPS) is 10.9. The summed E-state index contributed by atoms with van der Waals surface area (Å²) in [5.74, 6) is 1.19. The molecule has 0 atom stereocenters. The van der Waals surface area contributed by atoms with Crippen molar-refractivity contribution in [2.24, 2.45) is 0 Å². The Bertz CT molecular complexity index is 1100. The lowest BCUT2D eigenvalue weighted by Gasteiger charge is -2.08. The van der Waals surface area contributed by atoms with Gasteiger partial charge in [-0.25, -0.2) is 4.98 Å². The van der Waals surface area contributed by atoms with Crippen molar-refractivity contribution in [1.29, 1.82) is 0 Å². The van der Waals surface area contributed by atoms with Gasteiger partial charge in [-0.05, 0) is 23.6 Å². The van der Waals surface area contributed by atoms with E-state index in [1.807, 2.05) is 66.7 Å². The first kappa shape index (κ1) is 17.5. The lowest BCUT2D eigenvalue weighted by molar-refractivity contribution is -0.116. The average Bonchev–Trinajstić information content (AvgIpc) is 3.16. The zero-order chi connectivity index (χ0) is 18.6. The number of benzene rings is 3. The largest absolute Gasteiger partial charge is 0.441 e. The Morgan fingerprint density at radius 3 is 2.74 bits per heavy atom. The number of amides is 1. The maximum Gasteiger partial charge on any atom is 0.224 e. The highest BCUT2D eigenvalue weighted by Crippen LogP contribution is 2.25. The molecule has 3 aromatic carbocycles. The van der Waals surface area contributed by atoms with Gasteiger partial charge >= 0.3 is 0 Å². The monoisotopic (exact) mass is 420 g/mol.